The van der Waals surface area contributed by atoms with E-state index >= 15 is 0 Å². The molecule has 0 spiro atoms. The molecule has 1 aliphatic carbocycles. The van der Waals surface area contributed by atoms with Crippen LogP contribution in [0.25, 0.3) is 0 Å². The molecule has 0 unspecified atom stereocenters. The molecule has 0 atom stereocenters. The zero-order valence-corrected chi connectivity index (χ0v) is 9.19. The van der Waals surface area contributed by atoms with Crippen LogP contribution in [-0.2, 0) is 0 Å². The van der Waals surface area contributed by atoms with Crippen LogP contribution in [0.15, 0.2) is 11.3 Å². The molecule has 1 nitrogen and oxygen atoms in total. The van der Waals surface area contributed by atoms with Gasteiger partial charge in [0.2, 0.25) is 0 Å². The highest BCUT2D eigenvalue weighted by Gasteiger charge is 2.37. The summed E-state index contributed by atoms with van der Waals surface area (Å²) in [6.45, 7) is 9.60. The monoisotopic (exact) mass is 179 g/mol. The second kappa shape index (κ2) is 3.04. The van der Waals surface area contributed by atoms with Gasteiger partial charge in [-0.2, -0.15) is 0 Å². The van der Waals surface area contributed by atoms with E-state index in [1.54, 1.807) is 11.3 Å². The number of hydrogen-bond donors (Lipinski definition) is 0. The van der Waals surface area contributed by atoms with Gasteiger partial charge >= 0.3 is 0 Å². The van der Waals surface area contributed by atoms with Gasteiger partial charge in [-0.25, -0.2) is 0 Å². The first-order valence-corrected chi connectivity index (χ1v) is 5.58. The summed E-state index contributed by atoms with van der Waals surface area (Å²) in [4.78, 5) is 2.57. The van der Waals surface area contributed by atoms with E-state index in [0.29, 0.717) is 5.41 Å². The average molecular weight is 179 g/mol. The van der Waals surface area contributed by atoms with Gasteiger partial charge in [0.05, 0.1) is 0 Å². The van der Waals surface area contributed by atoms with Gasteiger partial charge in [-0.15, -0.1) is 0 Å². The molecule has 0 aromatic carbocycles. The van der Waals surface area contributed by atoms with Crippen molar-refractivity contribution >= 4 is 0 Å². The summed E-state index contributed by atoms with van der Waals surface area (Å²) in [5.41, 5.74) is 3.93. The molecule has 1 saturated heterocycles. The Kier molecular flexibility index (Phi) is 2.13. The lowest BCUT2D eigenvalue weighted by Crippen LogP contribution is -2.53. The van der Waals surface area contributed by atoms with Crippen LogP contribution in [0.1, 0.15) is 46.5 Å². The molecule has 2 fully saturated rings. The van der Waals surface area contributed by atoms with Crippen LogP contribution in [0.2, 0.25) is 0 Å². The Morgan fingerprint density at radius 1 is 1.38 bits per heavy atom. The van der Waals surface area contributed by atoms with Crippen molar-refractivity contribution < 1.29 is 0 Å². The average Bonchev–Trinajstić information content (AvgIpc) is 1.95. The van der Waals surface area contributed by atoms with Crippen molar-refractivity contribution in [3.05, 3.63) is 11.3 Å². The number of hydrogen-bond acceptors (Lipinski definition) is 1. The molecule has 2 aliphatic rings. The second-order valence-corrected chi connectivity index (χ2v) is 5.06. The Balaban J connectivity index is 1.92. The van der Waals surface area contributed by atoms with Gasteiger partial charge in [0, 0.05) is 24.2 Å². The van der Waals surface area contributed by atoms with Gasteiger partial charge in [0.15, 0.2) is 0 Å². The summed E-state index contributed by atoms with van der Waals surface area (Å²) < 4.78 is 0. The molecule has 1 heteroatoms. The normalized spacial score (nSPS) is 25.2. The van der Waals surface area contributed by atoms with Crippen molar-refractivity contribution in [1.82, 2.24) is 4.90 Å². The number of allylic oxidation sites excluding steroid dienone is 2. The van der Waals surface area contributed by atoms with Crippen LogP contribution in [-0.4, -0.2) is 18.0 Å². The number of likely N-dealkylation sites (tertiary alicyclic amines) is 1. The van der Waals surface area contributed by atoms with Crippen LogP contribution in [0.4, 0.5) is 0 Å². The topological polar surface area (TPSA) is 3.24 Å². The second-order valence-electron chi connectivity index (χ2n) is 5.06. The third-order valence-corrected chi connectivity index (χ3v) is 3.94. The highest BCUT2D eigenvalue weighted by Crippen LogP contribution is 2.39. The Labute approximate surface area is 81.8 Å². The summed E-state index contributed by atoms with van der Waals surface area (Å²) in [6, 6.07) is 0. The van der Waals surface area contributed by atoms with Crippen LogP contribution >= 0.6 is 0 Å². The van der Waals surface area contributed by atoms with Gasteiger partial charge < -0.3 is 4.90 Å². The zero-order chi connectivity index (χ0) is 9.47. The first-order chi connectivity index (χ1) is 6.14. The zero-order valence-electron chi connectivity index (χ0n) is 9.19. The Morgan fingerprint density at radius 2 is 2.00 bits per heavy atom. The minimum Gasteiger partial charge on any atom is -0.374 e. The van der Waals surface area contributed by atoms with E-state index in [-0.39, 0.29) is 0 Å². The Morgan fingerprint density at radius 3 is 2.38 bits per heavy atom. The third kappa shape index (κ3) is 1.49. The highest BCUT2D eigenvalue weighted by atomic mass is 15.2. The third-order valence-electron chi connectivity index (χ3n) is 3.94. The van der Waals surface area contributed by atoms with Crippen LogP contribution < -0.4 is 0 Å². The van der Waals surface area contributed by atoms with E-state index in [9.17, 15) is 0 Å². The highest BCUT2D eigenvalue weighted by molar-refractivity contribution is 5.19. The summed E-state index contributed by atoms with van der Waals surface area (Å²) in [5, 5.41) is 0. The maximum atomic E-state index is 2.57. The molecule has 0 radical (unpaired) electrons. The van der Waals surface area contributed by atoms with Crippen LogP contribution in [0.3, 0.4) is 0 Å². The van der Waals surface area contributed by atoms with E-state index in [0.717, 1.165) is 0 Å². The van der Waals surface area contributed by atoms with E-state index < -0.39 is 0 Å². The quantitative estimate of drug-likeness (QED) is 0.629. The molecule has 0 aromatic rings. The fourth-order valence-corrected chi connectivity index (χ4v) is 2.27. The molecule has 1 aliphatic heterocycles. The van der Waals surface area contributed by atoms with Gasteiger partial charge in [-0.3, -0.25) is 0 Å². The minimum absolute atomic E-state index is 0.617. The lowest BCUT2D eigenvalue weighted by molar-refractivity contribution is 0.0411. The maximum Gasteiger partial charge on any atom is 0.0245 e. The maximum absolute atomic E-state index is 2.57. The van der Waals surface area contributed by atoms with Crippen molar-refractivity contribution in [3.63, 3.8) is 0 Å². The standard InChI is InChI=1S/C12H21N/c1-4-12(3)8-13(9-12)10(2)11-6-5-7-11/h4-9H2,1-3H3. The van der Waals surface area contributed by atoms with Crippen LogP contribution in [0, 0.1) is 5.41 Å². The van der Waals surface area contributed by atoms with Gasteiger partial charge in [0.25, 0.3) is 0 Å². The molecule has 0 aromatic heterocycles. The Bertz CT molecular complexity index is 228. The van der Waals surface area contributed by atoms with Gasteiger partial charge in [-0.05, 0) is 32.6 Å². The summed E-state index contributed by atoms with van der Waals surface area (Å²) in [7, 11) is 0. The lowest BCUT2D eigenvalue weighted by atomic mass is 9.78. The van der Waals surface area contributed by atoms with Crippen LogP contribution in [0.5, 0.6) is 0 Å². The largest absolute Gasteiger partial charge is 0.374 e. The number of nitrogens with zero attached hydrogens (tertiary/aromatic N) is 1. The molecule has 1 heterocycles. The fourth-order valence-electron chi connectivity index (χ4n) is 2.27. The summed E-state index contributed by atoms with van der Waals surface area (Å²) >= 11 is 0. The molecule has 2 rings (SSSR count). The predicted molar refractivity (Wildman–Crippen MR) is 56.5 cm³/mol. The molecule has 74 valence electrons. The molecule has 0 amide bonds. The molecule has 0 N–H and O–H groups in total. The van der Waals surface area contributed by atoms with Crippen molar-refractivity contribution in [2.24, 2.45) is 5.41 Å². The first kappa shape index (κ1) is 9.11. The SMILES string of the molecule is CCC1(C)CN(C(C)=C2CCC2)C1. The number of rotatable bonds is 2. The van der Waals surface area contributed by atoms with Gasteiger partial charge in [0.1, 0.15) is 0 Å². The Hall–Kier alpha value is -0.460. The van der Waals surface area contributed by atoms with Gasteiger partial charge in [-0.1, -0.05) is 19.4 Å². The first-order valence-electron chi connectivity index (χ1n) is 5.58. The summed E-state index contributed by atoms with van der Waals surface area (Å²) in [5.74, 6) is 0. The van der Waals surface area contributed by atoms with Crippen molar-refractivity contribution in [3.8, 4) is 0 Å². The molecular weight excluding hydrogens is 158 g/mol. The summed E-state index contributed by atoms with van der Waals surface area (Å²) in [6.07, 6.45) is 5.48. The molecule has 13 heavy (non-hydrogen) atoms. The van der Waals surface area contributed by atoms with Crippen molar-refractivity contribution in [2.75, 3.05) is 13.1 Å². The van der Waals surface area contributed by atoms with E-state index in [2.05, 4.69) is 25.7 Å². The molecule has 0 bridgehead atoms. The minimum atomic E-state index is 0.617. The smallest absolute Gasteiger partial charge is 0.0245 e. The van der Waals surface area contributed by atoms with E-state index in [1.807, 2.05) is 0 Å². The van der Waals surface area contributed by atoms with Crippen molar-refractivity contribution in [1.29, 1.82) is 0 Å². The molecular formula is C12H21N. The molecule has 1 saturated carbocycles. The lowest BCUT2D eigenvalue weighted by Gasteiger charge is -2.51. The fraction of sp³-hybridized carbons (Fsp3) is 0.833. The van der Waals surface area contributed by atoms with E-state index in [4.69, 9.17) is 0 Å². The van der Waals surface area contributed by atoms with E-state index in [1.165, 1.54) is 38.8 Å². The predicted octanol–water partition coefficient (Wildman–Crippen LogP) is 3.18. The van der Waals surface area contributed by atoms with Crippen molar-refractivity contribution in [2.45, 2.75) is 46.5 Å².